The van der Waals surface area contributed by atoms with Crippen LogP contribution in [0.25, 0.3) is 11.2 Å². The third kappa shape index (κ3) is 3.30. The van der Waals surface area contributed by atoms with E-state index in [1.54, 1.807) is 39.3 Å². The molecule has 2 heterocycles. The molecule has 0 aliphatic heterocycles. The summed E-state index contributed by atoms with van der Waals surface area (Å²) in [4.78, 5) is 28.5. The Morgan fingerprint density at radius 1 is 1.38 bits per heavy atom. The van der Waals surface area contributed by atoms with Crippen LogP contribution in [0.2, 0.25) is 0 Å². The zero-order chi connectivity index (χ0) is 15.4. The molecular weight excluding hydrogens is 274 g/mol. The number of pyridine rings is 1. The van der Waals surface area contributed by atoms with Crippen molar-refractivity contribution in [1.82, 2.24) is 14.1 Å². The van der Waals surface area contributed by atoms with E-state index in [2.05, 4.69) is 4.98 Å². The van der Waals surface area contributed by atoms with Gasteiger partial charge in [-0.2, -0.15) is 0 Å². The highest BCUT2D eigenvalue weighted by atomic mass is 16.5. The van der Waals surface area contributed by atoms with E-state index in [1.807, 2.05) is 0 Å². The van der Waals surface area contributed by atoms with Gasteiger partial charge in [-0.25, -0.2) is 9.78 Å². The van der Waals surface area contributed by atoms with Crippen molar-refractivity contribution in [3.05, 3.63) is 28.8 Å². The molecule has 2 aromatic heterocycles. The number of carbonyl (C=O) groups is 1. The Labute approximate surface area is 122 Å². The molecule has 0 amide bonds. The first-order valence-corrected chi connectivity index (χ1v) is 6.77. The van der Waals surface area contributed by atoms with Crippen LogP contribution in [-0.4, -0.2) is 39.9 Å². The van der Waals surface area contributed by atoms with Crippen LogP contribution in [-0.2, 0) is 27.4 Å². The Bertz CT molecular complexity index is 687. The van der Waals surface area contributed by atoms with Gasteiger partial charge >= 0.3 is 11.7 Å². The van der Waals surface area contributed by atoms with Gasteiger partial charge in [0.05, 0.1) is 24.8 Å². The first-order valence-electron chi connectivity index (χ1n) is 6.77. The number of nitrogens with zero attached hydrogens (tertiary/aromatic N) is 3. The van der Waals surface area contributed by atoms with Crippen LogP contribution in [0.1, 0.15) is 13.8 Å². The summed E-state index contributed by atoms with van der Waals surface area (Å²) in [5.41, 5.74) is 0.859. The van der Waals surface area contributed by atoms with Gasteiger partial charge in [-0.15, -0.1) is 0 Å². The number of ether oxygens (including phenoxy) is 2. The molecule has 0 radical (unpaired) electrons. The normalized spacial score (nSPS) is 11.2. The number of esters is 1. The molecule has 21 heavy (non-hydrogen) atoms. The topological polar surface area (TPSA) is 75.3 Å². The Morgan fingerprint density at radius 2 is 2.14 bits per heavy atom. The molecule has 0 spiro atoms. The summed E-state index contributed by atoms with van der Waals surface area (Å²) >= 11 is 0. The molecule has 7 nitrogen and oxygen atoms in total. The molecule has 2 aromatic rings. The lowest BCUT2D eigenvalue weighted by molar-refractivity contribution is -0.148. The van der Waals surface area contributed by atoms with Gasteiger partial charge in [0.2, 0.25) is 0 Å². The molecule has 0 unspecified atom stereocenters. The van der Waals surface area contributed by atoms with Crippen LogP contribution < -0.4 is 5.69 Å². The van der Waals surface area contributed by atoms with E-state index >= 15 is 0 Å². The van der Waals surface area contributed by atoms with Crippen LogP contribution >= 0.6 is 0 Å². The van der Waals surface area contributed by atoms with Crippen molar-refractivity contribution >= 4 is 17.1 Å². The van der Waals surface area contributed by atoms with E-state index in [1.165, 1.54) is 9.13 Å². The van der Waals surface area contributed by atoms with Crippen molar-refractivity contribution in [1.29, 1.82) is 0 Å². The first kappa shape index (κ1) is 15.2. The lowest BCUT2D eigenvalue weighted by atomic mass is 10.4. The average Bonchev–Trinajstić information content (AvgIpc) is 2.69. The van der Waals surface area contributed by atoms with E-state index in [9.17, 15) is 9.59 Å². The molecule has 0 aliphatic carbocycles. The van der Waals surface area contributed by atoms with Crippen molar-refractivity contribution in [2.45, 2.75) is 33.0 Å². The summed E-state index contributed by atoms with van der Waals surface area (Å²) in [6, 6.07) is 3.49. The van der Waals surface area contributed by atoms with Gasteiger partial charge in [0.15, 0.2) is 5.65 Å². The zero-order valence-electron chi connectivity index (χ0n) is 12.4. The van der Waals surface area contributed by atoms with Crippen LogP contribution in [0.4, 0.5) is 0 Å². The van der Waals surface area contributed by atoms with Crippen LogP contribution in [0.5, 0.6) is 0 Å². The van der Waals surface area contributed by atoms with Crippen LogP contribution in [0.15, 0.2) is 23.1 Å². The van der Waals surface area contributed by atoms with E-state index in [0.29, 0.717) is 24.3 Å². The second kappa shape index (κ2) is 6.53. The van der Waals surface area contributed by atoms with Gasteiger partial charge in [-0.3, -0.25) is 13.9 Å². The van der Waals surface area contributed by atoms with Crippen molar-refractivity contribution in [2.75, 3.05) is 13.7 Å². The van der Waals surface area contributed by atoms with Gasteiger partial charge in [0, 0.05) is 13.3 Å². The quantitative estimate of drug-likeness (QED) is 0.736. The standard InChI is InChI=1S/C14H19N3O4/c1-10(2)21-12(18)9-17-11-5-4-6-15-13(11)16(14(17)19)7-8-20-3/h4-6,10H,7-9H2,1-3H3. The molecule has 0 bridgehead atoms. The average molecular weight is 293 g/mol. The number of hydrogen-bond donors (Lipinski definition) is 0. The minimum atomic E-state index is -0.443. The summed E-state index contributed by atoms with van der Waals surface area (Å²) in [6.45, 7) is 4.19. The monoisotopic (exact) mass is 293 g/mol. The predicted molar refractivity (Wildman–Crippen MR) is 77.1 cm³/mol. The Morgan fingerprint density at radius 3 is 2.81 bits per heavy atom. The van der Waals surface area contributed by atoms with Gasteiger partial charge < -0.3 is 9.47 Å². The molecule has 2 rings (SSSR count). The molecule has 0 aliphatic rings. The fourth-order valence-corrected chi connectivity index (χ4v) is 2.11. The lowest BCUT2D eigenvalue weighted by Gasteiger charge is -2.08. The van der Waals surface area contributed by atoms with Crippen LogP contribution in [0.3, 0.4) is 0 Å². The smallest absolute Gasteiger partial charge is 0.330 e. The SMILES string of the molecule is COCCn1c(=O)n(CC(=O)OC(C)C)c2cccnc21. The molecule has 7 heteroatoms. The van der Waals surface area contributed by atoms with E-state index in [0.717, 1.165) is 0 Å². The maximum Gasteiger partial charge on any atom is 0.330 e. The maximum atomic E-state index is 12.4. The van der Waals surface area contributed by atoms with Crippen molar-refractivity contribution in [3.8, 4) is 0 Å². The third-order valence-electron chi connectivity index (χ3n) is 2.95. The number of rotatable bonds is 6. The highest BCUT2D eigenvalue weighted by Crippen LogP contribution is 2.10. The van der Waals surface area contributed by atoms with Gasteiger partial charge in [-0.1, -0.05) is 0 Å². The maximum absolute atomic E-state index is 12.4. The molecule has 0 aromatic carbocycles. The first-order chi connectivity index (χ1) is 10.0. The number of aromatic nitrogens is 3. The minimum Gasteiger partial charge on any atom is -0.462 e. The van der Waals surface area contributed by atoms with Gasteiger partial charge in [-0.05, 0) is 26.0 Å². The molecule has 114 valence electrons. The third-order valence-corrected chi connectivity index (χ3v) is 2.95. The van der Waals surface area contributed by atoms with Crippen molar-refractivity contribution in [2.24, 2.45) is 0 Å². The highest BCUT2D eigenvalue weighted by Gasteiger charge is 2.17. The molecule has 0 saturated heterocycles. The van der Waals surface area contributed by atoms with E-state index in [4.69, 9.17) is 9.47 Å². The number of methoxy groups -OCH3 is 1. The predicted octanol–water partition coefficient (Wildman–Crippen LogP) is 0.796. The lowest BCUT2D eigenvalue weighted by Crippen LogP contribution is -2.29. The van der Waals surface area contributed by atoms with Gasteiger partial charge in [0.25, 0.3) is 0 Å². The van der Waals surface area contributed by atoms with Crippen molar-refractivity contribution < 1.29 is 14.3 Å². The van der Waals surface area contributed by atoms with E-state index < -0.39 is 5.97 Å². The molecule has 0 saturated carbocycles. The molecule has 0 N–H and O–H groups in total. The Hall–Kier alpha value is -2.15. The molecule has 0 atom stereocenters. The zero-order valence-corrected chi connectivity index (χ0v) is 12.4. The fraction of sp³-hybridized carbons (Fsp3) is 0.500. The Kier molecular flexibility index (Phi) is 4.74. The summed E-state index contributed by atoms with van der Waals surface area (Å²) < 4.78 is 13.0. The number of carbonyl (C=O) groups excluding carboxylic acids is 1. The minimum absolute atomic E-state index is 0.126. The Balaban J connectivity index is 2.41. The number of imidazole rings is 1. The van der Waals surface area contributed by atoms with E-state index in [-0.39, 0.29) is 18.3 Å². The summed E-state index contributed by atoms with van der Waals surface area (Å²) in [5, 5.41) is 0. The van der Waals surface area contributed by atoms with Crippen molar-refractivity contribution in [3.63, 3.8) is 0 Å². The second-order valence-corrected chi connectivity index (χ2v) is 4.90. The summed E-state index contributed by atoms with van der Waals surface area (Å²) in [5.74, 6) is -0.443. The number of fused-ring (bicyclic) bond motifs is 1. The number of hydrogen-bond acceptors (Lipinski definition) is 5. The second-order valence-electron chi connectivity index (χ2n) is 4.90. The molecular formula is C14H19N3O4. The van der Waals surface area contributed by atoms with Gasteiger partial charge in [0.1, 0.15) is 6.54 Å². The summed E-state index contributed by atoms with van der Waals surface area (Å²) in [6.07, 6.45) is 1.40. The summed E-state index contributed by atoms with van der Waals surface area (Å²) in [7, 11) is 1.57. The highest BCUT2D eigenvalue weighted by molar-refractivity contribution is 5.75. The molecule has 0 fully saturated rings. The largest absolute Gasteiger partial charge is 0.462 e. The van der Waals surface area contributed by atoms with Crippen LogP contribution in [0, 0.1) is 0 Å². The fourth-order valence-electron chi connectivity index (χ4n) is 2.11.